The van der Waals surface area contributed by atoms with Gasteiger partial charge in [-0.15, -0.1) is 0 Å². The highest BCUT2D eigenvalue weighted by Gasteiger charge is 2.33. The van der Waals surface area contributed by atoms with Crippen molar-refractivity contribution in [3.05, 3.63) is 29.8 Å². The zero-order valence-corrected chi connectivity index (χ0v) is 10.2. The molecule has 0 aliphatic rings. The van der Waals surface area contributed by atoms with E-state index in [1.165, 1.54) is 19.1 Å². The molecule has 0 aliphatic heterocycles. The van der Waals surface area contributed by atoms with Gasteiger partial charge in [-0.05, 0) is 19.1 Å². The minimum Gasteiger partial charge on any atom is -0.479 e. The van der Waals surface area contributed by atoms with Crippen LogP contribution < -0.4 is 11.1 Å². The fourth-order valence-electron chi connectivity index (χ4n) is 1.52. The first-order valence-electron chi connectivity index (χ1n) is 5.55. The van der Waals surface area contributed by atoms with Crippen molar-refractivity contribution in [2.45, 2.75) is 25.2 Å². The number of hydrogen-bond donors (Lipinski definition) is 4. The van der Waals surface area contributed by atoms with Crippen LogP contribution in [0, 0.1) is 0 Å². The standard InChI is InChI=1S/C12H15FN2O4/c1-6(16)10(9(13)12(18)19)15-11(17)7-4-2-3-5-8(7)14/h2-6,9-10,16H,14H2,1H3,(H,15,17)(H,18,19). The number of nitrogen functional groups attached to an aromatic ring is 1. The van der Waals surface area contributed by atoms with Gasteiger partial charge in [-0.3, -0.25) is 4.79 Å². The first kappa shape index (κ1) is 14.9. The summed E-state index contributed by atoms with van der Waals surface area (Å²) >= 11 is 0. The number of benzene rings is 1. The number of anilines is 1. The van der Waals surface area contributed by atoms with Gasteiger partial charge in [0.2, 0.25) is 6.17 Å². The number of carbonyl (C=O) groups is 2. The van der Waals surface area contributed by atoms with E-state index in [4.69, 9.17) is 10.8 Å². The molecule has 0 saturated carbocycles. The molecule has 1 aromatic carbocycles. The smallest absolute Gasteiger partial charge is 0.340 e. The maximum atomic E-state index is 13.4. The van der Waals surface area contributed by atoms with E-state index >= 15 is 0 Å². The summed E-state index contributed by atoms with van der Waals surface area (Å²) in [5, 5.41) is 20.1. The fraction of sp³-hybridized carbons (Fsp3) is 0.333. The molecule has 6 nitrogen and oxygen atoms in total. The second-order valence-electron chi connectivity index (χ2n) is 4.07. The minimum absolute atomic E-state index is 0.0886. The van der Waals surface area contributed by atoms with Gasteiger partial charge in [0, 0.05) is 5.69 Å². The Hall–Kier alpha value is -2.15. The van der Waals surface area contributed by atoms with E-state index in [9.17, 15) is 19.1 Å². The number of nitrogens with one attached hydrogen (secondary N) is 1. The highest BCUT2D eigenvalue weighted by molar-refractivity contribution is 5.99. The van der Waals surface area contributed by atoms with Crippen molar-refractivity contribution in [1.29, 1.82) is 0 Å². The summed E-state index contributed by atoms with van der Waals surface area (Å²) < 4.78 is 13.4. The van der Waals surface area contributed by atoms with Gasteiger partial charge in [0.25, 0.3) is 5.91 Å². The number of alkyl halides is 1. The second kappa shape index (κ2) is 6.14. The molecule has 5 N–H and O–H groups in total. The van der Waals surface area contributed by atoms with Crippen molar-refractivity contribution in [2.75, 3.05) is 5.73 Å². The maximum absolute atomic E-state index is 13.4. The van der Waals surface area contributed by atoms with Gasteiger partial charge < -0.3 is 21.3 Å². The Morgan fingerprint density at radius 1 is 1.37 bits per heavy atom. The lowest BCUT2D eigenvalue weighted by molar-refractivity contribution is -0.145. The Kier molecular flexibility index (Phi) is 4.82. The van der Waals surface area contributed by atoms with Gasteiger partial charge >= 0.3 is 5.97 Å². The first-order chi connectivity index (χ1) is 8.84. The summed E-state index contributed by atoms with van der Waals surface area (Å²) in [6, 6.07) is 4.53. The average Bonchev–Trinajstić information content (AvgIpc) is 2.34. The summed E-state index contributed by atoms with van der Waals surface area (Å²) in [6.45, 7) is 1.19. The Bertz CT molecular complexity index is 479. The summed E-state index contributed by atoms with van der Waals surface area (Å²) in [4.78, 5) is 22.4. The van der Waals surface area contributed by atoms with Crippen molar-refractivity contribution >= 4 is 17.6 Å². The number of halogens is 1. The number of aliphatic hydroxyl groups is 1. The van der Waals surface area contributed by atoms with Crippen LogP contribution in [0.2, 0.25) is 0 Å². The first-order valence-corrected chi connectivity index (χ1v) is 5.55. The quantitative estimate of drug-likeness (QED) is 0.570. The van der Waals surface area contributed by atoms with Crippen LogP contribution in [0.25, 0.3) is 0 Å². The molecule has 7 heteroatoms. The number of rotatable bonds is 5. The second-order valence-corrected chi connectivity index (χ2v) is 4.07. The van der Waals surface area contributed by atoms with Crippen LogP contribution in [0.1, 0.15) is 17.3 Å². The number of para-hydroxylation sites is 1. The van der Waals surface area contributed by atoms with Gasteiger partial charge in [-0.1, -0.05) is 12.1 Å². The minimum atomic E-state index is -2.41. The number of carboxylic acid groups (broad SMARTS) is 1. The predicted octanol–water partition coefficient (Wildman–Crippen LogP) is 0.171. The monoisotopic (exact) mass is 270 g/mol. The Morgan fingerprint density at radius 3 is 2.42 bits per heavy atom. The molecule has 1 rings (SSSR count). The Balaban J connectivity index is 2.89. The number of carbonyl (C=O) groups excluding carboxylic acids is 1. The van der Waals surface area contributed by atoms with E-state index in [2.05, 4.69) is 5.32 Å². The molecule has 0 heterocycles. The van der Waals surface area contributed by atoms with Gasteiger partial charge in [0.1, 0.15) is 0 Å². The lowest BCUT2D eigenvalue weighted by Crippen LogP contribution is -2.51. The number of aliphatic hydroxyl groups excluding tert-OH is 1. The zero-order chi connectivity index (χ0) is 14.6. The lowest BCUT2D eigenvalue weighted by atomic mass is 10.1. The van der Waals surface area contributed by atoms with Crippen LogP contribution in [0.5, 0.6) is 0 Å². The van der Waals surface area contributed by atoms with Crippen molar-refractivity contribution in [1.82, 2.24) is 5.32 Å². The van der Waals surface area contributed by atoms with E-state index in [0.717, 1.165) is 0 Å². The van der Waals surface area contributed by atoms with Gasteiger partial charge in [0.15, 0.2) is 0 Å². The molecule has 0 aliphatic carbocycles. The normalized spacial score (nSPS) is 15.3. The lowest BCUT2D eigenvalue weighted by Gasteiger charge is -2.22. The van der Waals surface area contributed by atoms with Crippen LogP contribution in [-0.4, -0.2) is 40.4 Å². The van der Waals surface area contributed by atoms with Crippen LogP contribution >= 0.6 is 0 Å². The van der Waals surface area contributed by atoms with Crippen LogP contribution in [-0.2, 0) is 4.79 Å². The number of amides is 1. The summed E-state index contributed by atoms with van der Waals surface area (Å²) in [6.07, 6.45) is -3.77. The number of aliphatic carboxylic acids is 1. The molecule has 19 heavy (non-hydrogen) atoms. The van der Waals surface area contributed by atoms with Crippen molar-refractivity contribution in [3.63, 3.8) is 0 Å². The molecule has 0 saturated heterocycles. The van der Waals surface area contributed by atoms with Gasteiger partial charge in [-0.25, -0.2) is 9.18 Å². The fourth-order valence-corrected chi connectivity index (χ4v) is 1.52. The third-order valence-corrected chi connectivity index (χ3v) is 2.57. The van der Waals surface area contributed by atoms with Crippen LogP contribution in [0.3, 0.4) is 0 Å². The number of carboxylic acids is 1. The van der Waals surface area contributed by atoms with Crippen LogP contribution in [0.15, 0.2) is 24.3 Å². The molecule has 0 bridgehead atoms. The molecule has 104 valence electrons. The SMILES string of the molecule is CC(O)C(NC(=O)c1ccccc1N)C(F)C(=O)O. The molecule has 0 radical (unpaired) electrons. The summed E-state index contributed by atoms with van der Waals surface area (Å²) in [5.74, 6) is -2.50. The molecule has 0 aromatic heterocycles. The molecule has 1 aromatic rings. The topological polar surface area (TPSA) is 113 Å². The molecular formula is C12H15FN2O4. The summed E-state index contributed by atoms with van der Waals surface area (Å²) in [7, 11) is 0. The van der Waals surface area contributed by atoms with Crippen LogP contribution in [0.4, 0.5) is 10.1 Å². The molecule has 1 amide bonds. The van der Waals surface area contributed by atoms with E-state index < -0.39 is 30.2 Å². The molecular weight excluding hydrogens is 255 g/mol. The highest BCUT2D eigenvalue weighted by Crippen LogP contribution is 2.12. The Labute approximate surface area is 109 Å². The van der Waals surface area contributed by atoms with Crippen molar-refractivity contribution in [2.24, 2.45) is 0 Å². The molecule has 0 fully saturated rings. The van der Waals surface area contributed by atoms with Crippen molar-refractivity contribution < 1.29 is 24.2 Å². The number of nitrogens with two attached hydrogens (primary N) is 1. The number of hydrogen-bond acceptors (Lipinski definition) is 4. The zero-order valence-electron chi connectivity index (χ0n) is 10.2. The molecule has 3 atom stereocenters. The van der Waals surface area contributed by atoms with Crippen molar-refractivity contribution in [3.8, 4) is 0 Å². The molecule has 0 spiro atoms. The van der Waals surface area contributed by atoms with Gasteiger partial charge in [-0.2, -0.15) is 0 Å². The van der Waals surface area contributed by atoms with Gasteiger partial charge in [0.05, 0.1) is 17.7 Å². The van der Waals surface area contributed by atoms with E-state index in [-0.39, 0.29) is 11.3 Å². The maximum Gasteiger partial charge on any atom is 0.340 e. The highest BCUT2D eigenvalue weighted by atomic mass is 19.1. The third-order valence-electron chi connectivity index (χ3n) is 2.57. The average molecular weight is 270 g/mol. The summed E-state index contributed by atoms with van der Waals surface area (Å²) in [5.41, 5.74) is 5.84. The van der Waals surface area contributed by atoms with E-state index in [0.29, 0.717) is 0 Å². The Morgan fingerprint density at radius 2 is 1.95 bits per heavy atom. The largest absolute Gasteiger partial charge is 0.479 e. The van der Waals surface area contributed by atoms with E-state index in [1.807, 2.05) is 0 Å². The molecule has 3 unspecified atom stereocenters. The predicted molar refractivity (Wildman–Crippen MR) is 66.3 cm³/mol. The third kappa shape index (κ3) is 3.65. The van der Waals surface area contributed by atoms with E-state index in [1.54, 1.807) is 12.1 Å².